The molecule has 0 atom stereocenters. The van der Waals surface area contributed by atoms with Crippen LogP contribution in [0.5, 0.6) is 11.5 Å². The quantitative estimate of drug-likeness (QED) is 0.200. The van der Waals surface area contributed by atoms with E-state index in [2.05, 4.69) is 84.8 Å². The van der Waals surface area contributed by atoms with Gasteiger partial charge in [0.15, 0.2) is 0 Å². The number of fused-ring (bicyclic) bond motifs is 1. The molecule has 0 radical (unpaired) electrons. The summed E-state index contributed by atoms with van der Waals surface area (Å²) >= 11 is 0. The summed E-state index contributed by atoms with van der Waals surface area (Å²) in [7, 11) is 2.10. The second-order valence-corrected chi connectivity index (χ2v) is 9.49. The molecule has 0 aliphatic rings. The molecule has 0 saturated carbocycles. The number of hydrogen-bond donors (Lipinski definition) is 2. The Balaban J connectivity index is 1.30. The first-order chi connectivity index (χ1) is 19.6. The number of hydrogen-bond acceptors (Lipinski definition) is 3. The first-order valence-corrected chi connectivity index (χ1v) is 13.2. The van der Waals surface area contributed by atoms with Crippen LogP contribution in [-0.2, 0) is 0 Å². The van der Waals surface area contributed by atoms with Crippen LogP contribution in [0.25, 0.3) is 35.1 Å². The van der Waals surface area contributed by atoms with E-state index in [0.717, 1.165) is 33.6 Å². The molecular weight excluding hydrogens is 490 g/mol. The van der Waals surface area contributed by atoms with Gasteiger partial charge in [-0.25, -0.2) is 0 Å². The van der Waals surface area contributed by atoms with Crippen molar-refractivity contribution in [1.82, 2.24) is 0 Å². The highest BCUT2D eigenvalue weighted by Gasteiger charge is 2.10. The van der Waals surface area contributed by atoms with Gasteiger partial charge < -0.3 is 15.1 Å². The Morgan fingerprint density at radius 2 is 0.925 bits per heavy atom. The van der Waals surface area contributed by atoms with Crippen molar-refractivity contribution in [3.63, 3.8) is 0 Å². The zero-order chi connectivity index (χ0) is 27.7. The second kappa shape index (κ2) is 12.5. The predicted octanol–water partition coefficient (Wildman–Crippen LogP) is 9.47. The third-order valence-corrected chi connectivity index (χ3v) is 6.73. The minimum Gasteiger partial charge on any atom is -0.508 e. The number of allylic oxidation sites excluding steroid dienone is 4. The summed E-state index contributed by atoms with van der Waals surface area (Å²) in [5.41, 5.74) is 6.62. The summed E-state index contributed by atoms with van der Waals surface area (Å²) in [6.07, 6.45) is 16.3. The molecule has 0 heterocycles. The fraction of sp³-hybridized carbons (Fsp3) is 0.0270. The maximum absolute atomic E-state index is 9.45. The van der Waals surface area contributed by atoms with Crippen LogP contribution in [0.4, 0.5) is 11.4 Å². The molecule has 3 nitrogen and oxygen atoms in total. The Morgan fingerprint density at radius 1 is 0.475 bits per heavy atom. The molecule has 0 aliphatic carbocycles. The first kappa shape index (κ1) is 26.3. The molecule has 0 fully saturated rings. The van der Waals surface area contributed by atoms with Crippen LogP contribution in [0.2, 0.25) is 0 Å². The predicted molar refractivity (Wildman–Crippen MR) is 171 cm³/mol. The number of aromatic hydroxyl groups is 2. The summed E-state index contributed by atoms with van der Waals surface area (Å²) in [5.74, 6) is 0.543. The first-order valence-electron chi connectivity index (χ1n) is 13.2. The summed E-state index contributed by atoms with van der Waals surface area (Å²) in [6, 6.07) is 35.6. The topological polar surface area (TPSA) is 43.7 Å². The monoisotopic (exact) mass is 521 g/mol. The van der Waals surface area contributed by atoms with E-state index in [-0.39, 0.29) is 11.5 Å². The van der Waals surface area contributed by atoms with Crippen LogP contribution in [0.3, 0.4) is 0 Å². The zero-order valence-corrected chi connectivity index (χ0v) is 22.4. The molecule has 2 N–H and O–H groups in total. The van der Waals surface area contributed by atoms with E-state index in [9.17, 15) is 10.2 Å². The standard InChI is InChI=1S/C37H31NO2/c1-38(32-21-14-28(15-22-32)8-2-3-9-29-16-23-33(39)24-17-29)37-27-20-31(35-12-6-7-13-36(35)37)11-5-4-10-30-18-25-34(40)26-19-30/h2-27,39-40H,1H3. The van der Waals surface area contributed by atoms with Gasteiger partial charge in [-0.15, -0.1) is 0 Å². The van der Waals surface area contributed by atoms with Gasteiger partial charge >= 0.3 is 0 Å². The van der Waals surface area contributed by atoms with Crippen LogP contribution in [0.15, 0.2) is 133 Å². The minimum absolute atomic E-state index is 0.271. The molecule has 0 aromatic heterocycles. The molecule has 0 spiro atoms. The molecule has 0 aliphatic heterocycles. The van der Waals surface area contributed by atoms with Crippen LogP contribution in [0.1, 0.15) is 22.3 Å². The Bertz CT molecular complexity index is 1690. The number of rotatable bonds is 8. The number of phenols is 2. The molecular formula is C37H31NO2. The van der Waals surface area contributed by atoms with Gasteiger partial charge in [-0.3, -0.25) is 0 Å². The number of anilines is 2. The Morgan fingerprint density at radius 3 is 1.45 bits per heavy atom. The van der Waals surface area contributed by atoms with E-state index < -0.39 is 0 Å². The van der Waals surface area contributed by atoms with Crippen molar-refractivity contribution in [3.05, 3.63) is 156 Å². The minimum atomic E-state index is 0.271. The highest BCUT2D eigenvalue weighted by molar-refractivity contribution is 6.00. The Labute approximate surface area is 235 Å². The third-order valence-electron chi connectivity index (χ3n) is 6.73. The lowest BCUT2D eigenvalue weighted by molar-refractivity contribution is 0.474. The molecule has 5 aromatic rings. The smallest absolute Gasteiger partial charge is 0.115 e. The van der Waals surface area contributed by atoms with Gasteiger partial charge in [0.2, 0.25) is 0 Å². The van der Waals surface area contributed by atoms with Crippen molar-refractivity contribution in [2.75, 3.05) is 11.9 Å². The highest BCUT2D eigenvalue weighted by atomic mass is 16.3. The van der Waals surface area contributed by atoms with Gasteiger partial charge in [0.1, 0.15) is 11.5 Å². The van der Waals surface area contributed by atoms with E-state index in [1.54, 1.807) is 24.3 Å². The molecule has 5 rings (SSSR count). The Hall–Kier alpha value is -5.28. The fourth-order valence-corrected chi connectivity index (χ4v) is 4.52. The van der Waals surface area contributed by atoms with Crippen molar-refractivity contribution >= 4 is 46.5 Å². The van der Waals surface area contributed by atoms with Gasteiger partial charge in [0.05, 0.1) is 0 Å². The van der Waals surface area contributed by atoms with Crippen LogP contribution in [-0.4, -0.2) is 17.3 Å². The molecule has 3 heteroatoms. The van der Waals surface area contributed by atoms with Gasteiger partial charge in [-0.1, -0.05) is 115 Å². The molecule has 0 unspecified atom stereocenters. The summed E-state index contributed by atoms with van der Waals surface area (Å²) in [4.78, 5) is 2.22. The number of benzene rings is 5. The molecule has 0 bridgehead atoms. The van der Waals surface area contributed by atoms with Gasteiger partial charge in [-0.05, 0) is 70.1 Å². The average Bonchev–Trinajstić information content (AvgIpc) is 2.99. The largest absolute Gasteiger partial charge is 0.508 e. The van der Waals surface area contributed by atoms with E-state index >= 15 is 0 Å². The fourth-order valence-electron chi connectivity index (χ4n) is 4.52. The highest BCUT2D eigenvalue weighted by Crippen LogP contribution is 2.33. The lowest BCUT2D eigenvalue weighted by Crippen LogP contribution is -2.10. The maximum atomic E-state index is 9.45. The summed E-state index contributed by atoms with van der Waals surface area (Å²) < 4.78 is 0. The average molecular weight is 522 g/mol. The molecule has 0 saturated heterocycles. The summed E-state index contributed by atoms with van der Waals surface area (Å²) in [5, 5.41) is 21.2. The van der Waals surface area contributed by atoms with Gasteiger partial charge in [0.25, 0.3) is 0 Å². The zero-order valence-electron chi connectivity index (χ0n) is 22.4. The van der Waals surface area contributed by atoms with Crippen molar-refractivity contribution in [1.29, 1.82) is 0 Å². The van der Waals surface area contributed by atoms with Crippen LogP contribution in [0, 0.1) is 0 Å². The molecule has 196 valence electrons. The van der Waals surface area contributed by atoms with E-state index in [0.29, 0.717) is 0 Å². The van der Waals surface area contributed by atoms with Crippen molar-refractivity contribution in [2.24, 2.45) is 0 Å². The lowest BCUT2D eigenvalue weighted by Gasteiger charge is -2.22. The summed E-state index contributed by atoms with van der Waals surface area (Å²) in [6.45, 7) is 0. The molecule has 0 amide bonds. The Kier molecular flexibility index (Phi) is 8.24. The lowest BCUT2D eigenvalue weighted by atomic mass is 10.0. The molecule has 5 aromatic carbocycles. The third kappa shape index (κ3) is 6.58. The van der Waals surface area contributed by atoms with Gasteiger partial charge in [0, 0.05) is 23.8 Å². The normalized spacial score (nSPS) is 11.9. The number of phenolic OH excluding ortho intramolecular Hbond substituents is 2. The van der Waals surface area contributed by atoms with Crippen LogP contribution >= 0.6 is 0 Å². The van der Waals surface area contributed by atoms with Crippen molar-refractivity contribution in [3.8, 4) is 11.5 Å². The van der Waals surface area contributed by atoms with E-state index in [1.807, 2.05) is 60.7 Å². The van der Waals surface area contributed by atoms with Crippen molar-refractivity contribution < 1.29 is 10.2 Å². The van der Waals surface area contributed by atoms with Gasteiger partial charge in [-0.2, -0.15) is 0 Å². The van der Waals surface area contributed by atoms with E-state index in [4.69, 9.17) is 0 Å². The SMILES string of the molecule is CN(c1ccc(C=CC=Cc2ccc(O)cc2)cc1)c1ccc(C=CC=Cc2ccc(O)cc2)c2ccccc12. The molecule has 40 heavy (non-hydrogen) atoms. The number of nitrogens with zero attached hydrogens (tertiary/aromatic N) is 1. The second-order valence-electron chi connectivity index (χ2n) is 9.49. The van der Waals surface area contributed by atoms with Crippen LogP contribution < -0.4 is 4.90 Å². The van der Waals surface area contributed by atoms with E-state index in [1.165, 1.54) is 10.8 Å². The maximum Gasteiger partial charge on any atom is 0.115 e. The van der Waals surface area contributed by atoms with Crippen molar-refractivity contribution in [2.45, 2.75) is 0 Å².